The van der Waals surface area contributed by atoms with E-state index in [0.29, 0.717) is 12.1 Å². The van der Waals surface area contributed by atoms with Gasteiger partial charge in [-0.25, -0.2) is 0 Å². The Morgan fingerprint density at radius 2 is 1.71 bits per heavy atom. The average Bonchev–Trinajstić information content (AvgIpc) is 2.45. The Morgan fingerprint density at radius 1 is 1.14 bits per heavy atom. The van der Waals surface area contributed by atoms with Crippen molar-refractivity contribution in [3.63, 3.8) is 0 Å². The summed E-state index contributed by atoms with van der Waals surface area (Å²) in [6.45, 7) is 12.6. The minimum Gasteiger partial charge on any atom is -0.298 e. The van der Waals surface area contributed by atoms with E-state index in [1.807, 2.05) is 25.1 Å². The number of hydrogen-bond donors (Lipinski definition) is 0. The summed E-state index contributed by atoms with van der Waals surface area (Å²) in [5, 5.41) is 0. The van der Waals surface area contributed by atoms with Crippen LogP contribution < -0.4 is 0 Å². The number of hydrogen-bond acceptors (Lipinski definition) is 3. The lowest BCUT2D eigenvalue weighted by atomic mass is 9.98. The largest absolute Gasteiger partial charge is 0.298 e. The van der Waals surface area contributed by atoms with E-state index in [0.717, 1.165) is 18.7 Å². The Kier molecular flexibility index (Phi) is 4.84. The van der Waals surface area contributed by atoms with Crippen LogP contribution in [0.25, 0.3) is 0 Å². The Morgan fingerprint density at radius 3 is 2.24 bits per heavy atom. The van der Waals surface area contributed by atoms with Gasteiger partial charge in [0.1, 0.15) is 0 Å². The maximum absolute atomic E-state index is 12.7. The Hall–Kier alpha value is -1.19. The molecule has 0 amide bonds. The molecule has 3 nitrogen and oxygen atoms in total. The molecule has 3 unspecified atom stereocenters. The van der Waals surface area contributed by atoms with E-state index in [2.05, 4.69) is 44.5 Å². The number of carbonyl (C=O) groups excluding carboxylic acids is 1. The van der Waals surface area contributed by atoms with Crippen molar-refractivity contribution in [2.75, 3.05) is 20.1 Å². The van der Waals surface area contributed by atoms with Crippen molar-refractivity contribution in [1.82, 2.24) is 9.80 Å². The van der Waals surface area contributed by atoms with Crippen LogP contribution in [0, 0.1) is 13.8 Å². The van der Waals surface area contributed by atoms with Crippen molar-refractivity contribution in [2.24, 2.45) is 0 Å². The van der Waals surface area contributed by atoms with E-state index >= 15 is 0 Å². The highest BCUT2D eigenvalue weighted by Crippen LogP contribution is 2.19. The van der Waals surface area contributed by atoms with Gasteiger partial charge in [0.05, 0.1) is 6.04 Å². The van der Waals surface area contributed by atoms with E-state index < -0.39 is 0 Å². The molecular weight excluding hydrogens is 260 g/mol. The molecule has 1 aliphatic heterocycles. The molecule has 0 radical (unpaired) electrons. The molecule has 3 atom stereocenters. The van der Waals surface area contributed by atoms with Crippen LogP contribution in [0.4, 0.5) is 0 Å². The summed E-state index contributed by atoms with van der Waals surface area (Å²) in [6.07, 6.45) is 0. The number of ketones is 1. The highest BCUT2D eigenvalue weighted by atomic mass is 16.1. The predicted octanol–water partition coefficient (Wildman–Crippen LogP) is 2.90. The third-order valence-corrected chi connectivity index (χ3v) is 5.11. The maximum atomic E-state index is 12.7. The third kappa shape index (κ3) is 3.35. The molecule has 0 bridgehead atoms. The third-order valence-electron chi connectivity index (χ3n) is 5.11. The van der Waals surface area contributed by atoms with Crippen LogP contribution in [0.3, 0.4) is 0 Å². The van der Waals surface area contributed by atoms with Gasteiger partial charge in [0.25, 0.3) is 0 Å². The first-order chi connectivity index (χ1) is 9.81. The standard InChI is InChI=1S/C18H28N2O/c1-12-7-8-17(9-13(12)2)18(21)16(5)20-10-14(3)19(6)15(4)11-20/h7-9,14-16H,10-11H2,1-6H3. The molecule has 1 aromatic rings. The molecule has 0 spiro atoms. The summed E-state index contributed by atoms with van der Waals surface area (Å²) in [7, 11) is 2.17. The van der Waals surface area contributed by atoms with E-state index in [1.54, 1.807) is 0 Å². The van der Waals surface area contributed by atoms with E-state index in [1.165, 1.54) is 11.1 Å². The van der Waals surface area contributed by atoms with Gasteiger partial charge < -0.3 is 0 Å². The van der Waals surface area contributed by atoms with Crippen molar-refractivity contribution in [2.45, 2.75) is 52.7 Å². The lowest BCUT2D eigenvalue weighted by Crippen LogP contribution is -2.58. The van der Waals surface area contributed by atoms with Gasteiger partial charge >= 0.3 is 0 Å². The molecule has 0 N–H and O–H groups in total. The molecular formula is C18H28N2O. The topological polar surface area (TPSA) is 23.6 Å². The molecule has 0 aliphatic carbocycles. The Labute approximate surface area is 128 Å². The summed E-state index contributed by atoms with van der Waals surface area (Å²) in [4.78, 5) is 17.5. The molecule has 1 aliphatic rings. The Bertz CT molecular complexity index is 514. The molecule has 3 heteroatoms. The minimum absolute atomic E-state index is 0.0503. The molecule has 1 saturated heterocycles. The van der Waals surface area contributed by atoms with Crippen molar-refractivity contribution in [1.29, 1.82) is 0 Å². The van der Waals surface area contributed by atoms with Crippen LogP contribution >= 0.6 is 0 Å². The van der Waals surface area contributed by atoms with Crippen molar-refractivity contribution in [3.05, 3.63) is 34.9 Å². The van der Waals surface area contributed by atoms with Crippen LogP contribution in [0.5, 0.6) is 0 Å². The molecule has 0 saturated carbocycles. The SMILES string of the molecule is Cc1ccc(C(=O)C(C)N2CC(C)N(C)C(C)C2)cc1C. The number of piperazine rings is 1. The number of benzene rings is 1. The van der Waals surface area contributed by atoms with Crippen LogP contribution in [-0.2, 0) is 0 Å². The zero-order valence-electron chi connectivity index (χ0n) is 14.2. The summed E-state index contributed by atoms with van der Waals surface area (Å²) < 4.78 is 0. The first kappa shape index (κ1) is 16.2. The number of nitrogens with zero attached hydrogens (tertiary/aromatic N) is 2. The molecule has 21 heavy (non-hydrogen) atoms. The van der Waals surface area contributed by atoms with Gasteiger partial charge in [-0.2, -0.15) is 0 Å². The van der Waals surface area contributed by atoms with Crippen molar-refractivity contribution >= 4 is 5.78 Å². The normalized spacial score (nSPS) is 25.8. The molecule has 2 rings (SSSR count). The van der Waals surface area contributed by atoms with Gasteiger partial charge in [-0.15, -0.1) is 0 Å². The molecule has 1 aromatic carbocycles. The fourth-order valence-corrected chi connectivity index (χ4v) is 3.06. The zero-order valence-corrected chi connectivity index (χ0v) is 14.2. The fraction of sp³-hybridized carbons (Fsp3) is 0.611. The minimum atomic E-state index is -0.0503. The molecule has 116 valence electrons. The van der Waals surface area contributed by atoms with Crippen molar-refractivity contribution in [3.8, 4) is 0 Å². The van der Waals surface area contributed by atoms with Gasteiger partial charge in [-0.3, -0.25) is 14.6 Å². The lowest BCUT2D eigenvalue weighted by molar-refractivity contribution is 0.0355. The first-order valence-corrected chi connectivity index (χ1v) is 7.88. The predicted molar refractivity (Wildman–Crippen MR) is 88.0 cm³/mol. The quantitative estimate of drug-likeness (QED) is 0.799. The monoisotopic (exact) mass is 288 g/mol. The summed E-state index contributed by atoms with van der Waals surface area (Å²) >= 11 is 0. The fourth-order valence-electron chi connectivity index (χ4n) is 3.06. The Balaban J connectivity index is 2.13. The van der Waals surface area contributed by atoms with Gasteiger partial charge in [0.2, 0.25) is 0 Å². The summed E-state index contributed by atoms with van der Waals surface area (Å²) in [5.74, 6) is 0.238. The second-order valence-electron chi connectivity index (χ2n) is 6.66. The highest BCUT2D eigenvalue weighted by molar-refractivity contribution is 6.00. The van der Waals surface area contributed by atoms with Crippen LogP contribution in [0.15, 0.2) is 18.2 Å². The van der Waals surface area contributed by atoms with E-state index in [9.17, 15) is 4.79 Å². The second kappa shape index (κ2) is 6.29. The van der Waals surface area contributed by atoms with E-state index in [-0.39, 0.29) is 11.8 Å². The number of likely N-dealkylation sites (N-methyl/N-ethyl adjacent to an activating group) is 1. The number of aryl methyl sites for hydroxylation is 2. The summed E-state index contributed by atoms with van der Waals surface area (Å²) in [6, 6.07) is 6.96. The number of Topliss-reactive ketones (excluding diaryl/α,β-unsaturated/α-hetero) is 1. The van der Waals surface area contributed by atoms with Gasteiger partial charge in [0.15, 0.2) is 5.78 Å². The van der Waals surface area contributed by atoms with Crippen LogP contribution in [0.2, 0.25) is 0 Å². The maximum Gasteiger partial charge on any atom is 0.179 e. The summed E-state index contributed by atoms with van der Waals surface area (Å²) in [5.41, 5.74) is 3.26. The van der Waals surface area contributed by atoms with Crippen LogP contribution in [-0.4, -0.2) is 53.8 Å². The lowest BCUT2D eigenvalue weighted by Gasteiger charge is -2.44. The molecule has 1 heterocycles. The van der Waals surface area contributed by atoms with Gasteiger partial charge in [-0.05, 0) is 58.9 Å². The second-order valence-corrected chi connectivity index (χ2v) is 6.66. The first-order valence-electron chi connectivity index (χ1n) is 7.88. The average molecular weight is 288 g/mol. The highest BCUT2D eigenvalue weighted by Gasteiger charge is 2.32. The van der Waals surface area contributed by atoms with Gasteiger partial charge in [0, 0.05) is 30.7 Å². The molecule has 1 fully saturated rings. The number of rotatable bonds is 3. The molecule has 0 aromatic heterocycles. The van der Waals surface area contributed by atoms with Gasteiger partial charge in [-0.1, -0.05) is 12.1 Å². The zero-order chi connectivity index (χ0) is 15.7. The van der Waals surface area contributed by atoms with E-state index in [4.69, 9.17) is 0 Å². The smallest absolute Gasteiger partial charge is 0.179 e. The van der Waals surface area contributed by atoms with Crippen molar-refractivity contribution < 1.29 is 4.79 Å². The number of carbonyl (C=O) groups is 1. The van der Waals surface area contributed by atoms with Crippen LogP contribution in [0.1, 0.15) is 42.3 Å².